The van der Waals surface area contributed by atoms with Gasteiger partial charge in [-0.05, 0) is 19.3 Å². The van der Waals surface area contributed by atoms with E-state index in [4.69, 9.17) is 5.11 Å². The zero-order valence-electron chi connectivity index (χ0n) is 11.1. The number of hydrogen-bond donors (Lipinski definition) is 2. The predicted molar refractivity (Wildman–Crippen MR) is 69.0 cm³/mol. The second kappa shape index (κ2) is 6.33. The average molecular weight is 292 g/mol. The van der Waals surface area contributed by atoms with E-state index in [0.29, 0.717) is 25.8 Å². The van der Waals surface area contributed by atoms with Crippen LogP contribution in [0.25, 0.3) is 0 Å². The Morgan fingerprint density at radius 1 is 1.47 bits per heavy atom. The van der Waals surface area contributed by atoms with Gasteiger partial charge in [-0.25, -0.2) is 17.5 Å². The predicted octanol–water partition coefficient (Wildman–Crippen LogP) is -0.363. The summed E-state index contributed by atoms with van der Waals surface area (Å²) in [5, 5.41) is 11.3. The van der Waals surface area contributed by atoms with Crippen molar-refractivity contribution in [1.82, 2.24) is 9.62 Å². The lowest BCUT2D eigenvalue weighted by Crippen LogP contribution is -2.49. The van der Waals surface area contributed by atoms with Crippen LogP contribution in [0, 0.1) is 5.92 Å². The normalized spacial score (nSPS) is 22.7. The Hall–Kier alpha value is -1.15. The van der Waals surface area contributed by atoms with E-state index in [9.17, 15) is 18.0 Å². The van der Waals surface area contributed by atoms with Crippen molar-refractivity contribution in [2.45, 2.75) is 32.2 Å². The fraction of sp³-hybridized carbons (Fsp3) is 0.818. The molecule has 19 heavy (non-hydrogen) atoms. The summed E-state index contributed by atoms with van der Waals surface area (Å²) in [6.07, 6.45) is 2.59. The third kappa shape index (κ3) is 4.46. The number of aliphatic carboxylic acids is 1. The molecule has 0 bridgehead atoms. The van der Waals surface area contributed by atoms with Crippen molar-refractivity contribution in [3.8, 4) is 0 Å². The van der Waals surface area contributed by atoms with Crippen molar-refractivity contribution in [2.24, 2.45) is 5.92 Å². The molecule has 0 radical (unpaired) electrons. The van der Waals surface area contributed by atoms with Gasteiger partial charge < -0.3 is 10.4 Å². The highest BCUT2D eigenvalue weighted by molar-refractivity contribution is 7.88. The van der Waals surface area contributed by atoms with Gasteiger partial charge in [0.2, 0.25) is 15.9 Å². The van der Waals surface area contributed by atoms with Gasteiger partial charge in [0, 0.05) is 13.1 Å². The molecule has 1 amide bonds. The van der Waals surface area contributed by atoms with Gasteiger partial charge in [0.25, 0.3) is 0 Å². The minimum absolute atomic E-state index is 0.126. The molecular formula is C11H20N2O5S. The number of nitrogens with one attached hydrogen (secondary N) is 1. The molecule has 2 atom stereocenters. The SMILES string of the molecule is CC[C@@H](NC(=O)C1CCCN(S(C)(=O)=O)C1)C(=O)O. The Bertz CT molecular complexity index is 448. The minimum Gasteiger partial charge on any atom is -0.480 e. The monoisotopic (exact) mass is 292 g/mol. The molecule has 1 saturated heterocycles. The third-order valence-electron chi connectivity index (χ3n) is 3.25. The minimum atomic E-state index is -3.31. The molecule has 1 heterocycles. The van der Waals surface area contributed by atoms with Crippen molar-refractivity contribution in [1.29, 1.82) is 0 Å². The van der Waals surface area contributed by atoms with Crippen molar-refractivity contribution < 1.29 is 23.1 Å². The molecule has 1 unspecified atom stereocenters. The van der Waals surface area contributed by atoms with Crippen molar-refractivity contribution >= 4 is 21.9 Å². The van der Waals surface area contributed by atoms with Crippen LogP contribution >= 0.6 is 0 Å². The van der Waals surface area contributed by atoms with Crippen LogP contribution in [-0.2, 0) is 19.6 Å². The van der Waals surface area contributed by atoms with E-state index in [1.165, 1.54) is 4.31 Å². The highest BCUT2D eigenvalue weighted by Gasteiger charge is 2.31. The van der Waals surface area contributed by atoms with Gasteiger partial charge in [-0.15, -0.1) is 0 Å². The first-order chi connectivity index (χ1) is 8.75. The molecule has 1 aliphatic rings. The van der Waals surface area contributed by atoms with Gasteiger partial charge in [-0.3, -0.25) is 4.79 Å². The lowest BCUT2D eigenvalue weighted by atomic mass is 9.98. The highest BCUT2D eigenvalue weighted by atomic mass is 32.2. The number of nitrogens with zero attached hydrogens (tertiary/aromatic N) is 1. The van der Waals surface area contributed by atoms with Crippen molar-refractivity contribution in [3.63, 3.8) is 0 Å². The number of hydrogen-bond acceptors (Lipinski definition) is 4. The molecule has 110 valence electrons. The second-order valence-corrected chi connectivity index (χ2v) is 6.75. The fourth-order valence-corrected chi connectivity index (χ4v) is 3.00. The lowest BCUT2D eigenvalue weighted by Gasteiger charge is -2.30. The van der Waals surface area contributed by atoms with Gasteiger partial charge in [0.1, 0.15) is 6.04 Å². The molecule has 0 spiro atoms. The van der Waals surface area contributed by atoms with E-state index < -0.39 is 28.0 Å². The number of sulfonamides is 1. The molecule has 2 N–H and O–H groups in total. The van der Waals surface area contributed by atoms with Crippen LogP contribution in [0.2, 0.25) is 0 Å². The second-order valence-electron chi connectivity index (χ2n) is 4.77. The maximum absolute atomic E-state index is 11.9. The largest absolute Gasteiger partial charge is 0.480 e. The molecule has 0 aromatic carbocycles. The number of carbonyl (C=O) groups is 2. The van der Waals surface area contributed by atoms with E-state index in [0.717, 1.165) is 6.26 Å². The summed E-state index contributed by atoms with van der Waals surface area (Å²) in [6, 6.07) is -0.916. The smallest absolute Gasteiger partial charge is 0.326 e. The molecular weight excluding hydrogens is 272 g/mol. The summed E-state index contributed by atoms with van der Waals surface area (Å²) in [5.74, 6) is -1.94. The van der Waals surface area contributed by atoms with Crippen LogP contribution in [0.15, 0.2) is 0 Å². The van der Waals surface area contributed by atoms with Gasteiger partial charge >= 0.3 is 5.97 Å². The van der Waals surface area contributed by atoms with Crippen LogP contribution in [0.3, 0.4) is 0 Å². The summed E-state index contributed by atoms with van der Waals surface area (Å²) < 4.78 is 24.1. The quantitative estimate of drug-likeness (QED) is 0.720. The van der Waals surface area contributed by atoms with Gasteiger partial charge in [0.05, 0.1) is 12.2 Å². The standard InChI is InChI=1S/C11H20N2O5S/c1-3-9(11(15)16)12-10(14)8-5-4-6-13(7-8)19(2,17)18/h8-9H,3-7H2,1-2H3,(H,12,14)(H,15,16)/t8?,9-/m1/s1. The van der Waals surface area contributed by atoms with E-state index in [1.807, 2.05) is 0 Å². The van der Waals surface area contributed by atoms with Crippen LogP contribution in [0.5, 0.6) is 0 Å². The third-order valence-corrected chi connectivity index (χ3v) is 4.52. The zero-order valence-corrected chi connectivity index (χ0v) is 11.9. The van der Waals surface area contributed by atoms with Crippen molar-refractivity contribution in [3.05, 3.63) is 0 Å². The molecule has 1 rings (SSSR count). The first-order valence-corrected chi connectivity index (χ1v) is 8.08. The molecule has 7 nitrogen and oxygen atoms in total. The summed E-state index contributed by atoms with van der Waals surface area (Å²) in [4.78, 5) is 22.8. The Balaban J connectivity index is 2.65. The van der Waals surface area contributed by atoms with Crippen LogP contribution in [0.1, 0.15) is 26.2 Å². The van der Waals surface area contributed by atoms with Gasteiger partial charge in [0.15, 0.2) is 0 Å². The summed E-state index contributed by atoms with van der Waals surface area (Å²) in [5.41, 5.74) is 0. The number of carboxylic acids is 1. The Kier molecular flexibility index (Phi) is 5.30. The summed E-state index contributed by atoms with van der Waals surface area (Å²) >= 11 is 0. The average Bonchev–Trinajstić information content (AvgIpc) is 2.34. The maximum Gasteiger partial charge on any atom is 0.326 e. The zero-order chi connectivity index (χ0) is 14.6. The Morgan fingerprint density at radius 3 is 2.58 bits per heavy atom. The van der Waals surface area contributed by atoms with Crippen LogP contribution < -0.4 is 5.32 Å². The van der Waals surface area contributed by atoms with Crippen LogP contribution in [0.4, 0.5) is 0 Å². The van der Waals surface area contributed by atoms with Gasteiger partial charge in [-0.2, -0.15) is 0 Å². The number of piperidine rings is 1. The van der Waals surface area contributed by atoms with E-state index in [1.54, 1.807) is 6.92 Å². The fourth-order valence-electron chi connectivity index (χ4n) is 2.09. The Morgan fingerprint density at radius 2 is 2.11 bits per heavy atom. The van der Waals surface area contributed by atoms with E-state index in [-0.39, 0.29) is 12.5 Å². The molecule has 1 aliphatic heterocycles. The van der Waals surface area contributed by atoms with E-state index >= 15 is 0 Å². The first-order valence-electron chi connectivity index (χ1n) is 6.24. The molecule has 8 heteroatoms. The molecule has 0 aliphatic carbocycles. The Labute approximate surface area is 113 Å². The number of carboxylic acid groups (broad SMARTS) is 1. The lowest BCUT2D eigenvalue weighted by molar-refractivity contribution is -0.142. The molecule has 0 saturated carbocycles. The molecule has 1 fully saturated rings. The molecule has 0 aromatic rings. The topological polar surface area (TPSA) is 104 Å². The first kappa shape index (κ1) is 15.9. The van der Waals surface area contributed by atoms with Crippen LogP contribution in [-0.4, -0.2) is 55.1 Å². The van der Waals surface area contributed by atoms with E-state index in [2.05, 4.69) is 5.32 Å². The number of rotatable bonds is 5. The maximum atomic E-state index is 11.9. The number of carbonyl (C=O) groups excluding carboxylic acids is 1. The number of amides is 1. The van der Waals surface area contributed by atoms with Gasteiger partial charge in [-0.1, -0.05) is 6.92 Å². The summed E-state index contributed by atoms with van der Waals surface area (Å²) in [6.45, 7) is 2.21. The van der Waals surface area contributed by atoms with Crippen molar-refractivity contribution in [2.75, 3.05) is 19.3 Å². The molecule has 0 aromatic heterocycles. The highest BCUT2D eigenvalue weighted by Crippen LogP contribution is 2.19. The summed E-state index contributed by atoms with van der Waals surface area (Å²) in [7, 11) is -3.31.